The first kappa shape index (κ1) is 16.1. The van der Waals surface area contributed by atoms with E-state index in [0.717, 1.165) is 42.9 Å². The SMILES string of the molecule is Cc1ccc(-c2nc3ccc(Cl)nn3c2CC(=O)N2CCCC2)cc1. The van der Waals surface area contributed by atoms with Gasteiger partial charge in [-0.05, 0) is 31.9 Å². The number of hydrogen-bond acceptors (Lipinski definition) is 3. The van der Waals surface area contributed by atoms with Crippen LogP contribution in [-0.2, 0) is 11.2 Å². The van der Waals surface area contributed by atoms with Gasteiger partial charge in [0.05, 0.1) is 17.8 Å². The van der Waals surface area contributed by atoms with Crippen molar-refractivity contribution in [2.75, 3.05) is 13.1 Å². The van der Waals surface area contributed by atoms with Gasteiger partial charge in [0.15, 0.2) is 5.65 Å². The van der Waals surface area contributed by atoms with Gasteiger partial charge >= 0.3 is 0 Å². The second-order valence-electron chi connectivity index (χ2n) is 6.46. The Kier molecular flexibility index (Phi) is 4.17. The molecule has 0 aliphatic carbocycles. The molecule has 2 aromatic heterocycles. The number of amides is 1. The average Bonchev–Trinajstić information content (AvgIpc) is 3.24. The van der Waals surface area contributed by atoms with Crippen molar-refractivity contribution in [3.05, 3.63) is 52.8 Å². The minimum absolute atomic E-state index is 0.120. The number of carbonyl (C=O) groups is 1. The number of likely N-dealkylation sites (tertiary alicyclic amines) is 1. The molecule has 0 saturated carbocycles. The van der Waals surface area contributed by atoms with Crippen LogP contribution in [0.1, 0.15) is 24.1 Å². The lowest BCUT2D eigenvalue weighted by Gasteiger charge is -2.15. The van der Waals surface area contributed by atoms with Gasteiger partial charge in [-0.1, -0.05) is 41.4 Å². The molecule has 1 aromatic carbocycles. The molecule has 1 amide bonds. The molecule has 25 heavy (non-hydrogen) atoms. The molecular formula is C19H19ClN4O. The molecule has 0 atom stereocenters. The molecule has 0 spiro atoms. The zero-order valence-electron chi connectivity index (χ0n) is 14.1. The number of nitrogens with zero attached hydrogens (tertiary/aromatic N) is 4. The molecule has 6 heteroatoms. The van der Waals surface area contributed by atoms with Crippen molar-refractivity contribution in [2.24, 2.45) is 0 Å². The highest BCUT2D eigenvalue weighted by molar-refractivity contribution is 6.29. The van der Waals surface area contributed by atoms with Gasteiger partial charge < -0.3 is 4.90 Å². The van der Waals surface area contributed by atoms with Crippen LogP contribution in [0, 0.1) is 6.92 Å². The Morgan fingerprint density at radius 1 is 1.12 bits per heavy atom. The summed E-state index contributed by atoms with van der Waals surface area (Å²) in [4.78, 5) is 19.3. The van der Waals surface area contributed by atoms with Gasteiger partial charge in [0.2, 0.25) is 5.91 Å². The van der Waals surface area contributed by atoms with Gasteiger partial charge in [0.25, 0.3) is 0 Å². The molecule has 1 saturated heterocycles. The van der Waals surface area contributed by atoms with E-state index in [0.29, 0.717) is 10.8 Å². The lowest BCUT2D eigenvalue weighted by Crippen LogP contribution is -2.29. The van der Waals surface area contributed by atoms with E-state index in [2.05, 4.69) is 5.10 Å². The van der Waals surface area contributed by atoms with Gasteiger partial charge in [-0.2, -0.15) is 5.10 Å². The maximum absolute atomic E-state index is 12.7. The predicted octanol–water partition coefficient (Wildman–Crippen LogP) is 3.52. The van der Waals surface area contributed by atoms with Crippen molar-refractivity contribution in [2.45, 2.75) is 26.2 Å². The largest absolute Gasteiger partial charge is 0.342 e. The standard InChI is InChI=1S/C19H19ClN4O/c1-13-4-6-14(7-5-13)19-15(12-18(25)23-10-2-3-11-23)24-17(21-19)9-8-16(20)22-24/h4-9H,2-3,10-12H2,1H3. The monoisotopic (exact) mass is 354 g/mol. The minimum atomic E-state index is 0.120. The third-order valence-electron chi connectivity index (χ3n) is 4.64. The topological polar surface area (TPSA) is 50.5 Å². The normalized spacial score (nSPS) is 14.4. The van der Waals surface area contributed by atoms with E-state index in [4.69, 9.17) is 16.6 Å². The van der Waals surface area contributed by atoms with Crippen molar-refractivity contribution in [1.29, 1.82) is 0 Å². The molecule has 1 fully saturated rings. The summed E-state index contributed by atoms with van der Waals surface area (Å²) in [5.74, 6) is 0.120. The van der Waals surface area contributed by atoms with E-state index in [-0.39, 0.29) is 12.3 Å². The maximum Gasteiger partial charge on any atom is 0.228 e. The number of carbonyl (C=O) groups excluding carboxylic acids is 1. The van der Waals surface area contributed by atoms with E-state index in [1.54, 1.807) is 10.6 Å². The summed E-state index contributed by atoms with van der Waals surface area (Å²) in [6.07, 6.45) is 2.43. The Bertz CT molecular complexity index is 926. The van der Waals surface area contributed by atoms with Crippen molar-refractivity contribution in [1.82, 2.24) is 19.5 Å². The number of aryl methyl sites for hydroxylation is 1. The second kappa shape index (κ2) is 6.48. The van der Waals surface area contributed by atoms with Crippen LogP contribution in [0.3, 0.4) is 0 Å². The lowest BCUT2D eigenvalue weighted by atomic mass is 10.1. The molecule has 3 heterocycles. The van der Waals surface area contributed by atoms with Gasteiger partial charge in [0.1, 0.15) is 5.15 Å². The molecule has 1 aliphatic rings. The third kappa shape index (κ3) is 3.12. The molecule has 4 rings (SSSR count). The van der Waals surface area contributed by atoms with Crippen LogP contribution in [0.5, 0.6) is 0 Å². The van der Waals surface area contributed by atoms with E-state index in [9.17, 15) is 4.79 Å². The van der Waals surface area contributed by atoms with E-state index < -0.39 is 0 Å². The first-order valence-electron chi connectivity index (χ1n) is 8.51. The van der Waals surface area contributed by atoms with E-state index >= 15 is 0 Å². The Labute approximate surface area is 151 Å². The lowest BCUT2D eigenvalue weighted by molar-refractivity contribution is -0.129. The summed E-state index contributed by atoms with van der Waals surface area (Å²) in [6, 6.07) is 11.7. The molecule has 5 nitrogen and oxygen atoms in total. The third-order valence-corrected chi connectivity index (χ3v) is 4.84. The highest BCUT2D eigenvalue weighted by atomic mass is 35.5. The Balaban J connectivity index is 1.80. The zero-order chi connectivity index (χ0) is 17.4. The first-order valence-corrected chi connectivity index (χ1v) is 8.88. The predicted molar refractivity (Wildman–Crippen MR) is 97.7 cm³/mol. The molecule has 0 radical (unpaired) electrons. The molecule has 0 N–H and O–H groups in total. The summed E-state index contributed by atoms with van der Waals surface area (Å²) < 4.78 is 1.70. The Morgan fingerprint density at radius 2 is 1.84 bits per heavy atom. The minimum Gasteiger partial charge on any atom is -0.342 e. The fraction of sp³-hybridized carbons (Fsp3) is 0.316. The van der Waals surface area contributed by atoms with Crippen LogP contribution in [0.25, 0.3) is 16.9 Å². The number of rotatable bonds is 3. The summed E-state index contributed by atoms with van der Waals surface area (Å²) in [5.41, 5.74) is 4.45. The maximum atomic E-state index is 12.7. The molecule has 0 unspecified atom stereocenters. The fourth-order valence-corrected chi connectivity index (χ4v) is 3.42. The summed E-state index contributed by atoms with van der Waals surface area (Å²) in [7, 11) is 0. The van der Waals surface area contributed by atoms with Gasteiger partial charge in [0, 0.05) is 18.7 Å². The molecule has 128 valence electrons. The van der Waals surface area contributed by atoms with Gasteiger partial charge in [-0.25, -0.2) is 9.50 Å². The smallest absolute Gasteiger partial charge is 0.228 e. The number of benzene rings is 1. The summed E-state index contributed by atoms with van der Waals surface area (Å²) in [6.45, 7) is 3.72. The van der Waals surface area contributed by atoms with Crippen LogP contribution in [0.2, 0.25) is 5.15 Å². The van der Waals surface area contributed by atoms with Crippen molar-refractivity contribution < 1.29 is 4.79 Å². The van der Waals surface area contributed by atoms with Crippen molar-refractivity contribution in [3.8, 4) is 11.3 Å². The van der Waals surface area contributed by atoms with Crippen LogP contribution in [-0.4, -0.2) is 38.5 Å². The van der Waals surface area contributed by atoms with Gasteiger partial charge in [-0.3, -0.25) is 4.79 Å². The number of halogens is 1. The number of hydrogen-bond donors (Lipinski definition) is 0. The fourth-order valence-electron chi connectivity index (χ4n) is 3.28. The number of fused-ring (bicyclic) bond motifs is 1. The average molecular weight is 355 g/mol. The quantitative estimate of drug-likeness (QED) is 0.723. The molecule has 1 aliphatic heterocycles. The summed E-state index contributed by atoms with van der Waals surface area (Å²) >= 11 is 6.08. The molecule has 0 bridgehead atoms. The van der Waals surface area contributed by atoms with Crippen LogP contribution < -0.4 is 0 Å². The first-order chi connectivity index (χ1) is 12.1. The van der Waals surface area contributed by atoms with Crippen LogP contribution >= 0.6 is 11.6 Å². The summed E-state index contributed by atoms with van der Waals surface area (Å²) in [5, 5.41) is 4.75. The van der Waals surface area contributed by atoms with E-state index in [1.807, 2.05) is 42.2 Å². The number of imidazole rings is 1. The highest BCUT2D eigenvalue weighted by Crippen LogP contribution is 2.26. The van der Waals surface area contributed by atoms with Crippen LogP contribution in [0.15, 0.2) is 36.4 Å². The molecule has 3 aromatic rings. The Morgan fingerprint density at radius 3 is 2.56 bits per heavy atom. The van der Waals surface area contributed by atoms with Gasteiger partial charge in [-0.15, -0.1) is 0 Å². The van der Waals surface area contributed by atoms with E-state index in [1.165, 1.54) is 5.56 Å². The molecular weight excluding hydrogens is 336 g/mol. The highest BCUT2D eigenvalue weighted by Gasteiger charge is 2.23. The second-order valence-corrected chi connectivity index (χ2v) is 6.85. The Hall–Kier alpha value is -2.40. The zero-order valence-corrected chi connectivity index (χ0v) is 14.8. The van der Waals surface area contributed by atoms with Crippen LogP contribution in [0.4, 0.5) is 0 Å². The van der Waals surface area contributed by atoms with Crippen molar-refractivity contribution >= 4 is 23.2 Å². The number of aromatic nitrogens is 3. The van der Waals surface area contributed by atoms with Crippen molar-refractivity contribution in [3.63, 3.8) is 0 Å².